The van der Waals surface area contributed by atoms with Crippen molar-refractivity contribution < 1.29 is 27.5 Å². The monoisotopic (exact) mass is 548 g/mol. The molecule has 1 aliphatic rings. The minimum atomic E-state index is -4.03. The summed E-state index contributed by atoms with van der Waals surface area (Å²) in [6.07, 6.45) is 1.50. The Morgan fingerprint density at radius 2 is 1.69 bits per heavy atom. The summed E-state index contributed by atoms with van der Waals surface area (Å²) in [5.41, 5.74) is 3.48. The molecule has 0 aromatic heterocycles. The summed E-state index contributed by atoms with van der Waals surface area (Å²) >= 11 is 0. The van der Waals surface area contributed by atoms with Crippen molar-refractivity contribution in [1.29, 1.82) is 0 Å². The van der Waals surface area contributed by atoms with E-state index in [0.29, 0.717) is 17.0 Å². The van der Waals surface area contributed by atoms with Gasteiger partial charge in [0.1, 0.15) is 5.75 Å². The fourth-order valence-corrected chi connectivity index (χ4v) is 6.06. The predicted octanol–water partition coefficient (Wildman–Crippen LogP) is 4.87. The smallest absolute Gasteiger partial charge is 0.338 e. The SMILES string of the molecule is COc1ccccc1N(C)S(=O)(=O)c1ccc(C)c(C(=O)OCC(=O)C=C2N(C)c3ccccc3C2(C)C)c1. The van der Waals surface area contributed by atoms with Gasteiger partial charge >= 0.3 is 5.97 Å². The molecule has 1 aliphatic heterocycles. The summed E-state index contributed by atoms with van der Waals surface area (Å²) in [6.45, 7) is 5.28. The Morgan fingerprint density at radius 1 is 1.03 bits per heavy atom. The molecule has 4 rings (SSSR count). The second kappa shape index (κ2) is 10.6. The number of hydrogen-bond donors (Lipinski definition) is 0. The topological polar surface area (TPSA) is 93.2 Å². The maximum atomic E-state index is 13.4. The van der Waals surface area contributed by atoms with Gasteiger partial charge in [-0.2, -0.15) is 0 Å². The highest BCUT2D eigenvalue weighted by Crippen LogP contribution is 2.46. The lowest BCUT2D eigenvalue weighted by Gasteiger charge is -2.24. The number of sulfonamides is 1. The Morgan fingerprint density at radius 3 is 2.38 bits per heavy atom. The summed E-state index contributed by atoms with van der Waals surface area (Å²) in [5.74, 6) is -0.760. The van der Waals surface area contributed by atoms with Gasteiger partial charge < -0.3 is 14.4 Å². The first-order valence-electron chi connectivity index (χ1n) is 12.4. The molecule has 9 heteroatoms. The number of fused-ring (bicyclic) bond motifs is 1. The molecular weight excluding hydrogens is 516 g/mol. The first kappa shape index (κ1) is 27.9. The lowest BCUT2D eigenvalue weighted by Crippen LogP contribution is -2.27. The van der Waals surface area contributed by atoms with E-state index in [1.54, 1.807) is 31.2 Å². The maximum Gasteiger partial charge on any atom is 0.338 e. The van der Waals surface area contributed by atoms with Crippen LogP contribution in [-0.4, -0.2) is 48.0 Å². The number of esters is 1. The van der Waals surface area contributed by atoms with E-state index in [1.165, 1.54) is 38.4 Å². The van der Waals surface area contributed by atoms with E-state index >= 15 is 0 Å². The minimum absolute atomic E-state index is 0.0654. The number of allylic oxidation sites excluding steroid dienone is 1. The molecule has 39 heavy (non-hydrogen) atoms. The van der Waals surface area contributed by atoms with E-state index in [2.05, 4.69) is 0 Å². The van der Waals surface area contributed by atoms with Crippen LogP contribution in [0.4, 0.5) is 11.4 Å². The van der Waals surface area contributed by atoms with Crippen LogP contribution in [0.3, 0.4) is 0 Å². The molecule has 0 atom stereocenters. The van der Waals surface area contributed by atoms with Crippen molar-refractivity contribution in [3.05, 3.63) is 95.2 Å². The molecule has 3 aromatic carbocycles. The fourth-order valence-electron chi connectivity index (χ4n) is 4.83. The van der Waals surface area contributed by atoms with Crippen LogP contribution in [0.1, 0.15) is 35.3 Å². The molecule has 0 bridgehead atoms. The van der Waals surface area contributed by atoms with Gasteiger partial charge in [0.15, 0.2) is 12.4 Å². The van der Waals surface area contributed by atoms with E-state index in [0.717, 1.165) is 21.3 Å². The number of aryl methyl sites for hydroxylation is 1. The number of ether oxygens (including phenoxy) is 2. The minimum Gasteiger partial charge on any atom is -0.495 e. The molecule has 0 unspecified atom stereocenters. The first-order valence-corrected chi connectivity index (χ1v) is 13.8. The van der Waals surface area contributed by atoms with E-state index in [-0.39, 0.29) is 16.2 Å². The number of benzene rings is 3. The van der Waals surface area contributed by atoms with Crippen molar-refractivity contribution in [2.75, 3.05) is 37.0 Å². The number of carbonyl (C=O) groups excluding carboxylic acids is 2. The number of anilines is 2. The molecule has 0 spiro atoms. The summed E-state index contributed by atoms with van der Waals surface area (Å²) in [6, 6.07) is 18.9. The Balaban J connectivity index is 1.52. The van der Waals surface area contributed by atoms with Gasteiger partial charge in [0.2, 0.25) is 0 Å². The van der Waals surface area contributed by atoms with E-state index in [4.69, 9.17) is 9.47 Å². The van der Waals surface area contributed by atoms with Gasteiger partial charge in [-0.1, -0.05) is 50.2 Å². The van der Waals surface area contributed by atoms with Crippen molar-refractivity contribution in [2.45, 2.75) is 31.1 Å². The predicted molar refractivity (Wildman–Crippen MR) is 151 cm³/mol. The molecular formula is C30H32N2O6S. The van der Waals surface area contributed by atoms with Gasteiger partial charge in [0, 0.05) is 37.0 Å². The lowest BCUT2D eigenvalue weighted by atomic mass is 9.83. The number of likely N-dealkylation sites (N-methyl/N-ethyl adjacent to an activating group) is 1. The molecule has 0 fully saturated rings. The molecule has 0 saturated heterocycles. The zero-order chi connectivity index (χ0) is 28.5. The molecule has 1 heterocycles. The Bertz CT molecular complexity index is 1580. The number of rotatable bonds is 8. The molecule has 0 radical (unpaired) electrons. The van der Waals surface area contributed by atoms with Crippen LogP contribution >= 0.6 is 0 Å². The number of nitrogens with zero attached hydrogens (tertiary/aromatic N) is 2. The summed E-state index contributed by atoms with van der Waals surface area (Å²) in [7, 11) is 0.746. The first-order chi connectivity index (χ1) is 18.4. The van der Waals surface area contributed by atoms with Crippen LogP contribution in [0.25, 0.3) is 0 Å². The number of ketones is 1. The zero-order valence-corrected chi connectivity index (χ0v) is 23.7. The second-order valence-electron chi connectivity index (χ2n) is 9.89. The third-order valence-electron chi connectivity index (χ3n) is 7.10. The summed E-state index contributed by atoms with van der Waals surface area (Å²) < 4.78 is 38.5. The van der Waals surface area contributed by atoms with Crippen molar-refractivity contribution in [3.8, 4) is 5.75 Å². The fraction of sp³-hybridized carbons (Fsp3) is 0.267. The maximum absolute atomic E-state index is 13.4. The Hall–Kier alpha value is -4.11. The average molecular weight is 549 g/mol. The summed E-state index contributed by atoms with van der Waals surface area (Å²) in [4.78, 5) is 27.7. The van der Waals surface area contributed by atoms with E-state index in [1.807, 2.05) is 50.1 Å². The third-order valence-corrected chi connectivity index (χ3v) is 8.86. The van der Waals surface area contributed by atoms with Crippen molar-refractivity contribution in [1.82, 2.24) is 0 Å². The number of carbonyl (C=O) groups is 2. The molecule has 8 nitrogen and oxygen atoms in total. The van der Waals surface area contributed by atoms with Crippen LogP contribution in [0.5, 0.6) is 5.75 Å². The van der Waals surface area contributed by atoms with Crippen molar-refractivity contribution in [3.63, 3.8) is 0 Å². The highest BCUT2D eigenvalue weighted by Gasteiger charge is 2.38. The lowest BCUT2D eigenvalue weighted by molar-refractivity contribution is -0.117. The summed E-state index contributed by atoms with van der Waals surface area (Å²) in [5, 5.41) is 0. The molecule has 0 aliphatic carbocycles. The highest BCUT2D eigenvalue weighted by molar-refractivity contribution is 7.92. The van der Waals surface area contributed by atoms with Crippen LogP contribution in [0.2, 0.25) is 0 Å². The number of methoxy groups -OCH3 is 1. The molecule has 0 N–H and O–H groups in total. The van der Waals surface area contributed by atoms with Gasteiger partial charge in [-0.05, 0) is 48.4 Å². The van der Waals surface area contributed by atoms with Crippen LogP contribution in [0, 0.1) is 6.92 Å². The van der Waals surface area contributed by atoms with E-state index in [9.17, 15) is 18.0 Å². The number of para-hydroxylation sites is 3. The standard InChI is InChI=1S/C30H32N2O6S/c1-20-15-16-22(39(35,36)32(5)26-13-9-10-14-27(26)37-6)18-23(20)29(34)38-19-21(33)17-28-30(2,3)24-11-7-8-12-25(24)31(28)4/h7-18H,19H2,1-6H3. The van der Waals surface area contributed by atoms with Gasteiger partial charge in [0.25, 0.3) is 10.0 Å². The second-order valence-corrected chi connectivity index (χ2v) is 11.9. The van der Waals surface area contributed by atoms with Crippen LogP contribution < -0.4 is 13.9 Å². The normalized spacial score (nSPS) is 15.1. The number of hydrogen-bond acceptors (Lipinski definition) is 7. The van der Waals surface area contributed by atoms with Gasteiger partial charge in [0.05, 0.1) is 23.3 Å². The molecule has 3 aromatic rings. The Labute approximate surface area is 229 Å². The van der Waals surface area contributed by atoms with Crippen LogP contribution in [0.15, 0.2) is 83.4 Å². The zero-order valence-electron chi connectivity index (χ0n) is 22.9. The van der Waals surface area contributed by atoms with Gasteiger partial charge in [-0.3, -0.25) is 9.10 Å². The molecule has 0 saturated carbocycles. The molecule has 0 amide bonds. The Kier molecular flexibility index (Phi) is 7.57. The quantitative estimate of drug-likeness (QED) is 0.293. The average Bonchev–Trinajstić information content (AvgIpc) is 3.11. The van der Waals surface area contributed by atoms with Crippen LogP contribution in [-0.2, 0) is 25.0 Å². The van der Waals surface area contributed by atoms with Crippen molar-refractivity contribution in [2.24, 2.45) is 0 Å². The van der Waals surface area contributed by atoms with Gasteiger partial charge in [-0.15, -0.1) is 0 Å². The molecule has 204 valence electrons. The van der Waals surface area contributed by atoms with E-state index < -0.39 is 28.0 Å². The third kappa shape index (κ3) is 5.14. The largest absolute Gasteiger partial charge is 0.495 e. The van der Waals surface area contributed by atoms with Gasteiger partial charge in [-0.25, -0.2) is 13.2 Å². The highest BCUT2D eigenvalue weighted by atomic mass is 32.2. The van der Waals surface area contributed by atoms with Crippen molar-refractivity contribution >= 4 is 33.2 Å².